The van der Waals surface area contributed by atoms with E-state index < -0.39 is 5.82 Å². The van der Waals surface area contributed by atoms with Gasteiger partial charge in [-0.1, -0.05) is 35.3 Å². The molecule has 6 unspecified atom stereocenters. The van der Waals surface area contributed by atoms with Crippen molar-refractivity contribution in [3.63, 3.8) is 0 Å². The molecule has 2 aromatic heterocycles. The molecular weight excluding hydrogens is 674 g/mol. The molecule has 6 atom stereocenters. The second kappa shape index (κ2) is 12.8. The highest BCUT2D eigenvalue weighted by atomic mass is 35.5. The van der Waals surface area contributed by atoms with E-state index in [1.807, 2.05) is 13.0 Å². The number of nitrogens with zero attached hydrogens (tertiary/aromatic N) is 4. The number of likely N-dealkylation sites (tertiary alicyclic amines) is 1. The smallest absolute Gasteiger partial charge is 0.226 e. The molecule has 11 heteroatoms. The van der Waals surface area contributed by atoms with Gasteiger partial charge in [-0.05, 0) is 81.7 Å². The first kappa shape index (κ1) is 32.6. The largest absolute Gasteiger partial charge is 0.375 e. The highest BCUT2D eigenvalue weighted by Gasteiger charge is 2.51. The normalized spacial score (nSPS) is 27.4. The van der Waals surface area contributed by atoms with Gasteiger partial charge in [0, 0.05) is 77.2 Å². The Morgan fingerprint density at radius 1 is 1.16 bits per heavy atom. The van der Waals surface area contributed by atoms with Gasteiger partial charge in [-0.15, -0.1) is 0 Å². The van der Waals surface area contributed by atoms with E-state index in [1.54, 1.807) is 18.2 Å². The molecule has 2 aliphatic carbocycles. The third kappa shape index (κ3) is 5.33. The number of carbonyl (C=O) groups is 1. The Labute approximate surface area is 301 Å². The van der Waals surface area contributed by atoms with Crippen LogP contribution < -0.4 is 10.6 Å². The second-order valence-electron chi connectivity index (χ2n) is 15.0. The molecule has 4 saturated heterocycles. The van der Waals surface area contributed by atoms with Crippen LogP contribution in [0.15, 0.2) is 30.3 Å². The second-order valence-corrected chi connectivity index (χ2v) is 15.8. The number of nitriles is 1. The highest BCUT2D eigenvalue weighted by molar-refractivity contribution is 6.43. The number of nitrogens with one attached hydrogen (secondary N) is 2. The molecule has 0 spiro atoms. The number of ether oxygens (including phenoxy) is 1. The van der Waals surface area contributed by atoms with Gasteiger partial charge in [-0.3, -0.25) is 4.79 Å². The van der Waals surface area contributed by atoms with E-state index in [4.69, 9.17) is 32.9 Å². The molecule has 6 aliphatic rings. The van der Waals surface area contributed by atoms with Gasteiger partial charge in [0.2, 0.25) is 5.91 Å². The van der Waals surface area contributed by atoms with Gasteiger partial charge in [-0.25, -0.2) is 9.37 Å². The Bertz CT molecular complexity index is 2050. The van der Waals surface area contributed by atoms with Crippen molar-refractivity contribution >= 4 is 50.9 Å². The van der Waals surface area contributed by atoms with Crippen molar-refractivity contribution in [1.29, 1.82) is 5.26 Å². The maximum absolute atomic E-state index is 17.1. The zero-order valence-corrected chi connectivity index (χ0v) is 29.7. The summed E-state index contributed by atoms with van der Waals surface area (Å²) < 4.78 is 26.1. The van der Waals surface area contributed by atoms with Gasteiger partial charge in [0.15, 0.2) is 5.82 Å². The number of aromatic nitrogens is 2. The van der Waals surface area contributed by atoms with Crippen molar-refractivity contribution in [2.75, 3.05) is 26.2 Å². The molecule has 10 rings (SSSR count). The average molecular weight is 716 g/mol. The van der Waals surface area contributed by atoms with Gasteiger partial charge < -0.3 is 24.8 Å². The Balaban J connectivity index is 1.24. The van der Waals surface area contributed by atoms with Crippen molar-refractivity contribution in [3.05, 3.63) is 63.1 Å². The van der Waals surface area contributed by atoms with Crippen LogP contribution in [0, 0.1) is 35.9 Å². The Morgan fingerprint density at radius 2 is 2.02 bits per heavy atom. The molecule has 4 aromatic rings. The maximum Gasteiger partial charge on any atom is 0.226 e. The van der Waals surface area contributed by atoms with Gasteiger partial charge in [0.1, 0.15) is 5.52 Å². The summed E-state index contributed by atoms with van der Waals surface area (Å²) in [5.74, 6) is 0.290. The number of pyridine rings is 1. The van der Waals surface area contributed by atoms with E-state index in [2.05, 4.69) is 32.2 Å². The Kier molecular flexibility index (Phi) is 8.32. The van der Waals surface area contributed by atoms with Crippen molar-refractivity contribution in [2.24, 2.45) is 11.8 Å². The van der Waals surface area contributed by atoms with E-state index in [9.17, 15) is 10.1 Å². The minimum absolute atomic E-state index is 0.0520. The molecule has 1 amide bonds. The standard InChI is InChI=1S/C39H41Cl2FN6O2/c1-20-27-16-32(31-15-25(50-19-24-6-4-12-44-24)18-47(31)39(49)21-9-10-21)48(37-23-14-30(37)45-17-23)38(27)28-13-22(5-3-11-43)33(35(42)36(28)46-20)26-7-2-8-29(40)34(26)41/h2,7-8,13,16,21,23-25,30-31,37,44-45H,3-6,9-10,12,14-15,17-19H2,1H3. The lowest BCUT2D eigenvalue weighted by Gasteiger charge is -2.39. The molecule has 4 aliphatic heterocycles. The fraction of sp³-hybridized carbons (Fsp3) is 0.513. The number of carbonyl (C=O) groups excluding carboxylic acids is 1. The van der Waals surface area contributed by atoms with Crippen LogP contribution in [0.25, 0.3) is 32.9 Å². The summed E-state index contributed by atoms with van der Waals surface area (Å²) in [4.78, 5) is 21.0. The Hall–Kier alpha value is -3.26. The summed E-state index contributed by atoms with van der Waals surface area (Å²) in [5.41, 5.74) is 4.56. The lowest BCUT2D eigenvalue weighted by atomic mass is 9.79. The first-order valence-corrected chi connectivity index (χ1v) is 18.9. The zero-order valence-electron chi connectivity index (χ0n) is 28.2. The van der Waals surface area contributed by atoms with Gasteiger partial charge in [0.05, 0.1) is 46.4 Å². The number of benzene rings is 2. The number of amides is 1. The first-order valence-electron chi connectivity index (χ1n) is 18.2. The summed E-state index contributed by atoms with van der Waals surface area (Å²) in [5, 5.41) is 19.1. The number of rotatable bonds is 9. The van der Waals surface area contributed by atoms with E-state index in [0.29, 0.717) is 64.7 Å². The predicted molar refractivity (Wildman–Crippen MR) is 193 cm³/mol. The monoisotopic (exact) mass is 714 g/mol. The summed E-state index contributed by atoms with van der Waals surface area (Å²) in [6, 6.07) is 12.4. The molecule has 50 heavy (non-hydrogen) atoms. The number of halogens is 3. The summed E-state index contributed by atoms with van der Waals surface area (Å²) >= 11 is 13.1. The predicted octanol–water partition coefficient (Wildman–Crippen LogP) is 7.42. The molecule has 0 radical (unpaired) electrons. The van der Waals surface area contributed by atoms with Crippen LogP contribution in [-0.2, 0) is 16.0 Å². The van der Waals surface area contributed by atoms with E-state index >= 15 is 4.39 Å². The van der Waals surface area contributed by atoms with Gasteiger partial charge in [0.25, 0.3) is 0 Å². The average Bonchev–Trinajstić information content (AvgIpc) is 3.62. The number of aryl methyl sites for hydroxylation is 2. The quantitative estimate of drug-likeness (QED) is 0.187. The number of hydrogen-bond acceptors (Lipinski definition) is 6. The summed E-state index contributed by atoms with van der Waals surface area (Å²) in [7, 11) is 0. The number of fused-ring (bicyclic) bond motifs is 4. The van der Waals surface area contributed by atoms with Crippen LogP contribution in [0.5, 0.6) is 0 Å². The maximum atomic E-state index is 17.1. The van der Waals surface area contributed by atoms with Crippen LogP contribution in [0.4, 0.5) is 4.39 Å². The highest BCUT2D eigenvalue weighted by Crippen LogP contribution is 2.51. The van der Waals surface area contributed by atoms with Crippen molar-refractivity contribution in [1.82, 2.24) is 25.1 Å². The van der Waals surface area contributed by atoms with Crippen LogP contribution >= 0.6 is 23.2 Å². The molecule has 6 fully saturated rings. The summed E-state index contributed by atoms with van der Waals surface area (Å²) in [6.45, 7) is 5.14. The van der Waals surface area contributed by atoms with Crippen molar-refractivity contribution in [2.45, 2.75) is 88.6 Å². The van der Waals surface area contributed by atoms with E-state index in [0.717, 1.165) is 67.5 Å². The molecule has 2 bridgehead atoms. The SMILES string of the molecule is Cc1nc2c(F)c(-c3cccc(Cl)c3Cl)c(CCC#N)cc2c2c1cc(C1CC(OCC3CCCN3)CN1C(=O)C1CC1)n2C1C2CNC1C2. The van der Waals surface area contributed by atoms with Crippen LogP contribution in [-0.4, -0.2) is 64.8 Å². The lowest BCUT2D eigenvalue weighted by molar-refractivity contribution is -0.134. The minimum Gasteiger partial charge on any atom is -0.375 e. The Morgan fingerprint density at radius 3 is 2.74 bits per heavy atom. The third-order valence-electron chi connectivity index (χ3n) is 11.9. The fourth-order valence-corrected chi connectivity index (χ4v) is 9.65. The van der Waals surface area contributed by atoms with E-state index in [1.165, 1.54) is 6.42 Å². The first-order chi connectivity index (χ1) is 24.3. The van der Waals surface area contributed by atoms with Crippen LogP contribution in [0.2, 0.25) is 10.0 Å². The topological polar surface area (TPSA) is 95.2 Å². The molecule has 260 valence electrons. The summed E-state index contributed by atoms with van der Waals surface area (Å²) in [6.07, 6.45) is 6.50. The van der Waals surface area contributed by atoms with Crippen LogP contribution in [0.3, 0.4) is 0 Å². The van der Waals surface area contributed by atoms with E-state index in [-0.39, 0.29) is 47.0 Å². The zero-order chi connectivity index (χ0) is 34.3. The molecule has 2 N–H and O–H groups in total. The third-order valence-corrected chi connectivity index (χ3v) is 12.8. The molecule has 2 aromatic carbocycles. The molecule has 8 nitrogen and oxygen atoms in total. The minimum atomic E-state index is -0.464. The van der Waals surface area contributed by atoms with Crippen molar-refractivity contribution < 1.29 is 13.9 Å². The molecular formula is C39H41Cl2FN6O2. The van der Waals surface area contributed by atoms with Crippen LogP contribution in [0.1, 0.15) is 74.0 Å². The number of hydrogen-bond donors (Lipinski definition) is 2. The lowest BCUT2D eigenvalue weighted by Crippen LogP contribution is -2.41. The van der Waals surface area contributed by atoms with Crippen molar-refractivity contribution in [3.8, 4) is 17.2 Å². The molecule has 2 saturated carbocycles. The van der Waals surface area contributed by atoms with Gasteiger partial charge >= 0.3 is 0 Å². The molecule has 6 heterocycles. The fourth-order valence-electron chi connectivity index (χ4n) is 9.26. The van der Waals surface area contributed by atoms with Gasteiger partial charge in [-0.2, -0.15) is 5.26 Å².